The Morgan fingerprint density at radius 1 is 0.767 bits per heavy atom. The molecule has 7 rings (SSSR count). The van der Waals surface area contributed by atoms with Crippen molar-refractivity contribution in [1.82, 2.24) is 9.13 Å². The summed E-state index contributed by atoms with van der Waals surface area (Å²) < 4.78 is 15.6. The van der Waals surface area contributed by atoms with Crippen LogP contribution < -0.4 is 5.63 Å². The van der Waals surface area contributed by atoms with Gasteiger partial charge in [0.25, 0.3) is 0 Å². The van der Waals surface area contributed by atoms with Crippen molar-refractivity contribution < 1.29 is 13.9 Å². The molecule has 0 amide bonds. The van der Waals surface area contributed by atoms with Crippen LogP contribution in [0.3, 0.4) is 0 Å². The normalized spacial score (nSPS) is 11.9. The molecular weight excluding hydrogens is 536 g/mol. The molecule has 3 heterocycles. The van der Waals surface area contributed by atoms with E-state index in [0.29, 0.717) is 11.0 Å². The lowest BCUT2D eigenvalue weighted by Crippen LogP contribution is -2.16. The molecular formula is C37H32N2O4. The van der Waals surface area contributed by atoms with Crippen molar-refractivity contribution in [2.45, 2.75) is 26.7 Å². The number of hydrogen-bond acceptors (Lipinski definition) is 4. The fourth-order valence-corrected chi connectivity index (χ4v) is 6.86. The summed E-state index contributed by atoms with van der Waals surface area (Å²) in [6.45, 7) is 6.26. The monoisotopic (exact) mass is 568 g/mol. The molecule has 3 aromatic heterocycles. The van der Waals surface area contributed by atoms with E-state index in [0.717, 1.165) is 16.3 Å². The molecule has 0 fully saturated rings. The van der Waals surface area contributed by atoms with E-state index >= 15 is 0 Å². The Bertz CT molecular complexity index is 2210. The van der Waals surface area contributed by atoms with Gasteiger partial charge in [-0.1, -0.05) is 60.7 Å². The minimum absolute atomic E-state index is 0.102. The molecule has 0 radical (unpaired) electrons. The Labute approximate surface area is 248 Å². The molecule has 0 saturated heterocycles. The van der Waals surface area contributed by atoms with Gasteiger partial charge in [0.15, 0.2) is 0 Å². The van der Waals surface area contributed by atoms with Gasteiger partial charge in [0.05, 0.1) is 6.61 Å². The summed E-state index contributed by atoms with van der Waals surface area (Å²) in [5.74, 6) is -0.844. The van der Waals surface area contributed by atoms with Gasteiger partial charge in [0.2, 0.25) is 0 Å². The Morgan fingerprint density at radius 3 is 1.84 bits per heavy atom. The van der Waals surface area contributed by atoms with Gasteiger partial charge < -0.3 is 18.3 Å². The number of rotatable bonds is 5. The second-order valence-electron chi connectivity index (χ2n) is 11.2. The first-order valence-electron chi connectivity index (χ1n) is 14.6. The lowest BCUT2D eigenvalue weighted by molar-refractivity contribution is 0.0522. The topological polar surface area (TPSA) is 66.4 Å². The van der Waals surface area contributed by atoms with Crippen LogP contribution >= 0.6 is 0 Å². The minimum atomic E-state index is -0.699. The molecule has 4 aromatic carbocycles. The van der Waals surface area contributed by atoms with Crippen molar-refractivity contribution in [2.24, 2.45) is 14.1 Å². The SMILES string of the molecule is CCOC(=O)c1cc2cc(C(c3c(C)n(C)c4ccccc34)c3c(C)n(C)c4ccccc34)c3ccccc3c2oc1=O. The number of carbonyl (C=O) groups excluding carboxylic acids is 1. The quantitative estimate of drug-likeness (QED) is 0.120. The van der Waals surface area contributed by atoms with E-state index in [2.05, 4.69) is 97.7 Å². The fraction of sp³-hybridized carbons (Fsp3) is 0.189. The van der Waals surface area contributed by atoms with Crippen molar-refractivity contribution in [3.63, 3.8) is 0 Å². The molecule has 43 heavy (non-hydrogen) atoms. The van der Waals surface area contributed by atoms with Crippen LogP contribution in [0.15, 0.2) is 94.1 Å². The minimum Gasteiger partial charge on any atom is -0.462 e. The summed E-state index contributed by atoms with van der Waals surface area (Å²) in [6.07, 6.45) is 0. The molecule has 0 N–H and O–H groups in total. The standard InChI is InChI=1S/C37H32N2O4/c1-6-42-36(40)29-20-23-19-28(24-13-7-8-14-25(24)35(23)43-37(29)41)34(32-21(2)38(4)30-17-11-9-15-26(30)32)33-22(3)39(5)31-18-12-10-16-27(31)33/h7-20,34H,6H2,1-5H3. The number of ether oxygens (including phenoxy) is 1. The van der Waals surface area contributed by atoms with Crippen LogP contribution in [0.1, 0.15) is 51.3 Å². The molecule has 0 atom stereocenters. The maximum absolute atomic E-state index is 13.0. The summed E-state index contributed by atoms with van der Waals surface area (Å²) in [5.41, 5.74) is 7.87. The van der Waals surface area contributed by atoms with Crippen LogP contribution in [0, 0.1) is 13.8 Å². The number of para-hydroxylation sites is 2. The highest BCUT2D eigenvalue weighted by atomic mass is 16.5. The number of fused-ring (bicyclic) bond motifs is 5. The third kappa shape index (κ3) is 3.93. The van der Waals surface area contributed by atoms with E-state index < -0.39 is 11.6 Å². The summed E-state index contributed by atoms with van der Waals surface area (Å²) in [5, 5.41) is 4.87. The van der Waals surface area contributed by atoms with E-state index in [-0.39, 0.29) is 18.1 Å². The van der Waals surface area contributed by atoms with Gasteiger partial charge in [-0.15, -0.1) is 0 Å². The maximum Gasteiger partial charge on any atom is 0.351 e. The number of esters is 1. The number of nitrogens with zero attached hydrogens (tertiary/aromatic N) is 2. The number of carbonyl (C=O) groups is 1. The largest absolute Gasteiger partial charge is 0.462 e. The van der Waals surface area contributed by atoms with Crippen LogP contribution in [0.25, 0.3) is 43.5 Å². The van der Waals surface area contributed by atoms with Gasteiger partial charge in [-0.05, 0) is 67.1 Å². The zero-order valence-corrected chi connectivity index (χ0v) is 24.9. The van der Waals surface area contributed by atoms with Crippen LogP contribution in [0.5, 0.6) is 0 Å². The first-order valence-corrected chi connectivity index (χ1v) is 14.6. The van der Waals surface area contributed by atoms with Crippen molar-refractivity contribution in [2.75, 3.05) is 6.61 Å². The molecule has 0 unspecified atom stereocenters. The summed E-state index contributed by atoms with van der Waals surface area (Å²) in [4.78, 5) is 25.7. The van der Waals surface area contributed by atoms with E-state index in [4.69, 9.17) is 9.15 Å². The molecule has 0 bridgehead atoms. The van der Waals surface area contributed by atoms with Crippen molar-refractivity contribution in [3.05, 3.63) is 129 Å². The lowest BCUT2D eigenvalue weighted by atomic mass is 9.79. The average molecular weight is 569 g/mol. The highest BCUT2D eigenvalue weighted by Crippen LogP contribution is 2.47. The third-order valence-corrected chi connectivity index (χ3v) is 9.05. The molecule has 214 valence electrons. The summed E-state index contributed by atoms with van der Waals surface area (Å²) >= 11 is 0. The zero-order chi connectivity index (χ0) is 30.0. The van der Waals surface area contributed by atoms with Crippen LogP contribution in [0.4, 0.5) is 0 Å². The van der Waals surface area contributed by atoms with Gasteiger partial charge in [-0.3, -0.25) is 0 Å². The predicted molar refractivity (Wildman–Crippen MR) is 172 cm³/mol. The molecule has 6 heteroatoms. The fourth-order valence-electron chi connectivity index (χ4n) is 6.86. The van der Waals surface area contributed by atoms with E-state index in [1.54, 1.807) is 13.0 Å². The number of aromatic nitrogens is 2. The van der Waals surface area contributed by atoms with Crippen molar-refractivity contribution >= 4 is 49.5 Å². The van der Waals surface area contributed by atoms with Gasteiger partial charge in [0.1, 0.15) is 11.1 Å². The van der Waals surface area contributed by atoms with E-state index in [9.17, 15) is 9.59 Å². The Hall–Kier alpha value is -5.10. The second kappa shape index (κ2) is 10.0. The smallest absolute Gasteiger partial charge is 0.351 e. The highest BCUT2D eigenvalue weighted by Gasteiger charge is 2.31. The maximum atomic E-state index is 13.0. The van der Waals surface area contributed by atoms with Gasteiger partial charge >= 0.3 is 11.6 Å². The molecule has 0 saturated carbocycles. The number of benzene rings is 4. The van der Waals surface area contributed by atoms with Crippen molar-refractivity contribution in [1.29, 1.82) is 0 Å². The molecule has 0 spiro atoms. The predicted octanol–water partition coefficient (Wildman–Crippen LogP) is 7.90. The molecule has 0 aliphatic heterocycles. The van der Waals surface area contributed by atoms with Crippen molar-refractivity contribution in [3.8, 4) is 0 Å². The molecule has 7 aromatic rings. The number of aryl methyl sites for hydroxylation is 2. The van der Waals surface area contributed by atoms with Crippen LogP contribution in [0.2, 0.25) is 0 Å². The second-order valence-corrected chi connectivity index (χ2v) is 11.2. The van der Waals surface area contributed by atoms with E-state index in [1.165, 1.54) is 44.3 Å². The first kappa shape index (κ1) is 26.8. The Kier molecular flexibility index (Phi) is 6.24. The Balaban J connectivity index is 1.66. The summed E-state index contributed by atoms with van der Waals surface area (Å²) in [6, 6.07) is 28.8. The Morgan fingerprint density at radius 2 is 1.28 bits per heavy atom. The van der Waals surface area contributed by atoms with Gasteiger partial charge in [-0.25, -0.2) is 9.59 Å². The van der Waals surface area contributed by atoms with Gasteiger partial charge in [-0.2, -0.15) is 0 Å². The van der Waals surface area contributed by atoms with E-state index in [1.807, 2.05) is 18.2 Å². The number of hydrogen-bond donors (Lipinski definition) is 0. The average Bonchev–Trinajstić information content (AvgIpc) is 3.42. The van der Waals surface area contributed by atoms with Crippen LogP contribution in [-0.4, -0.2) is 21.7 Å². The molecule has 0 aliphatic rings. The highest BCUT2D eigenvalue weighted by molar-refractivity contribution is 6.08. The lowest BCUT2D eigenvalue weighted by Gasteiger charge is -2.23. The third-order valence-electron chi connectivity index (χ3n) is 9.05. The molecule has 6 nitrogen and oxygen atoms in total. The first-order chi connectivity index (χ1) is 20.8. The molecule has 0 aliphatic carbocycles. The van der Waals surface area contributed by atoms with Gasteiger partial charge in [0, 0.05) is 64.0 Å². The van der Waals surface area contributed by atoms with Crippen LogP contribution in [-0.2, 0) is 18.8 Å². The summed E-state index contributed by atoms with van der Waals surface area (Å²) in [7, 11) is 4.24. The zero-order valence-electron chi connectivity index (χ0n) is 24.9.